The van der Waals surface area contributed by atoms with Crippen molar-refractivity contribution in [2.24, 2.45) is 5.92 Å². The molecule has 5 nitrogen and oxygen atoms in total. The number of aromatic nitrogens is 1. The number of hydrogen-bond donors (Lipinski definition) is 2. The summed E-state index contributed by atoms with van der Waals surface area (Å²) in [6, 6.07) is 12.0. The molecule has 25 heavy (non-hydrogen) atoms. The van der Waals surface area contributed by atoms with E-state index in [9.17, 15) is 5.11 Å². The minimum Gasteiger partial charge on any atom is -0.390 e. The Morgan fingerprint density at radius 3 is 2.72 bits per heavy atom. The topological polar surface area (TPSA) is 67.5 Å². The minimum absolute atomic E-state index is 0.0878. The van der Waals surface area contributed by atoms with Crippen molar-refractivity contribution in [1.29, 1.82) is 0 Å². The second-order valence-electron chi connectivity index (χ2n) is 7.30. The number of rotatable bonds is 7. The van der Waals surface area contributed by atoms with Gasteiger partial charge in [0.15, 0.2) is 5.76 Å². The highest BCUT2D eigenvalue weighted by atomic mass is 16.5. The number of aliphatic hydroxyl groups excluding tert-OH is 1. The number of ether oxygens (including phenoxy) is 1. The maximum absolute atomic E-state index is 10.2. The van der Waals surface area contributed by atoms with Crippen molar-refractivity contribution in [2.45, 2.75) is 50.4 Å². The average Bonchev–Trinajstić information content (AvgIpc) is 3.35. The van der Waals surface area contributed by atoms with Gasteiger partial charge in [0.05, 0.1) is 24.0 Å². The van der Waals surface area contributed by atoms with Gasteiger partial charge in [0, 0.05) is 24.6 Å². The molecule has 1 aromatic heterocycles. The van der Waals surface area contributed by atoms with Gasteiger partial charge in [-0.05, 0) is 38.1 Å². The fraction of sp³-hybridized carbons (Fsp3) is 0.550. The van der Waals surface area contributed by atoms with Crippen LogP contribution in [0.1, 0.15) is 31.4 Å². The van der Waals surface area contributed by atoms with Crippen molar-refractivity contribution in [3.05, 3.63) is 42.1 Å². The first kappa shape index (κ1) is 16.8. The Kier molecular flexibility index (Phi) is 5.15. The van der Waals surface area contributed by atoms with Crippen molar-refractivity contribution in [3.63, 3.8) is 0 Å². The molecule has 1 saturated heterocycles. The maximum Gasteiger partial charge on any atom is 0.167 e. The van der Waals surface area contributed by atoms with Crippen LogP contribution in [-0.2, 0) is 11.2 Å². The molecule has 0 radical (unpaired) electrons. The molecule has 2 aromatic rings. The fourth-order valence-corrected chi connectivity index (χ4v) is 3.41. The normalized spacial score (nSPS) is 26.7. The third-order valence-corrected chi connectivity index (χ3v) is 5.11. The summed E-state index contributed by atoms with van der Waals surface area (Å²) < 4.78 is 11.6. The van der Waals surface area contributed by atoms with E-state index in [1.54, 1.807) is 0 Å². The van der Waals surface area contributed by atoms with Crippen LogP contribution in [0.4, 0.5) is 0 Å². The first-order chi connectivity index (χ1) is 12.3. The van der Waals surface area contributed by atoms with Crippen molar-refractivity contribution in [2.75, 3.05) is 13.1 Å². The fourth-order valence-electron chi connectivity index (χ4n) is 3.41. The lowest BCUT2D eigenvalue weighted by atomic mass is 9.98. The van der Waals surface area contributed by atoms with Crippen LogP contribution in [0.25, 0.3) is 11.3 Å². The van der Waals surface area contributed by atoms with Crippen LogP contribution < -0.4 is 5.32 Å². The van der Waals surface area contributed by atoms with Crippen molar-refractivity contribution in [1.82, 2.24) is 10.5 Å². The number of nitrogens with zero attached hydrogens (tertiary/aromatic N) is 1. The van der Waals surface area contributed by atoms with Gasteiger partial charge in [0.1, 0.15) is 0 Å². The van der Waals surface area contributed by atoms with Gasteiger partial charge in [-0.2, -0.15) is 0 Å². The predicted molar refractivity (Wildman–Crippen MR) is 95.1 cm³/mol. The minimum atomic E-state index is -0.375. The van der Waals surface area contributed by atoms with E-state index in [0.29, 0.717) is 0 Å². The summed E-state index contributed by atoms with van der Waals surface area (Å²) in [5.74, 6) is 1.62. The highest BCUT2D eigenvalue weighted by Crippen LogP contribution is 2.28. The van der Waals surface area contributed by atoms with Gasteiger partial charge in [0.25, 0.3) is 0 Å². The third kappa shape index (κ3) is 4.48. The van der Waals surface area contributed by atoms with Gasteiger partial charge < -0.3 is 19.7 Å². The van der Waals surface area contributed by atoms with Crippen LogP contribution in [0.5, 0.6) is 0 Å². The standard InChI is InChI=1S/C20H26N2O3/c23-18-9-8-17(24-20(18)13-21-12-14-6-7-14)10-16-11-19(25-22-16)15-4-2-1-3-5-15/h1-5,11,14,17-18,20-21,23H,6-10,12-13H2/t17-,18-,20+/m0/s1. The Balaban J connectivity index is 1.31. The maximum atomic E-state index is 10.2. The van der Waals surface area contributed by atoms with Crippen LogP contribution in [-0.4, -0.2) is 41.7 Å². The number of benzene rings is 1. The lowest BCUT2D eigenvalue weighted by Crippen LogP contribution is -2.45. The summed E-state index contributed by atoms with van der Waals surface area (Å²) in [5.41, 5.74) is 1.94. The molecule has 2 fully saturated rings. The van der Waals surface area contributed by atoms with Gasteiger partial charge >= 0.3 is 0 Å². The molecule has 2 N–H and O–H groups in total. The molecule has 0 spiro atoms. The molecule has 1 aliphatic heterocycles. The number of nitrogens with one attached hydrogen (secondary N) is 1. The van der Waals surface area contributed by atoms with E-state index in [0.717, 1.165) is 55.3 Å². The first-order valence-electron chi connectivity index (χ1n) is 9.33. The molecule has 4 rings (SSSR count). The van der Waals surface area contributed by atoms with Crippen molar-refractivity contribution < 1.29 is 14.4 Å². The monoisotopic (exact) mass is 342 g/mol. The van der Waals surface area contributed by atoms with Crippen LogP contribution in [0.3, 0.4) is 0 Å². The molecule has 134 valence electrons. The Labute approximate surface area is 148 Å². The largest absolute Gasteiger partial charge is 0.390 e. The van der Waals surface area contributed by atoms with E-state index in [2.05, 4.69) is 10.5 Å². The molecule has 1 aromatic carbocycles. The first-order valence-corrected chi connectivity index (χ1v) is 9.33. The molecule has 2 aliphatic rings. The molecule has 1 saturated carbocycles. The van der Waals surface area contributed by atoms with Crippen molar-refractivity contribution in [3.8, 4) is 11.3 Å². The molecule has 2 heterocycles. The quantitative estimate of drug-likeness (QED) is 0.810. The Morgan fingerprint density at radius 1 is 1.08 bits per heavy atom. The second-order valence-corrected chi connectivity index (χ2v) is 7.30. The van der Waals surface area contributed by atoms with E-state index < -0.39 is 0 Å². The number of aliphatic hydroxyl groups is 1. The van der Waals surface area contributed by atoms with Crippen LogP contribution in [0, 0.1) is 5.92 Å². The zero-order valence-electron chi connectivity index (χ0n) is 14.4. The lowest BCUT2D eigenvalue weighted by molar-refractivity contribution is -0.114. The molecule has 1 aliphatic carbocycles. The van der Waals surface area contributed by atoms with Gasteiger partial charge in [-0.1, -0.05) is 35.5 Å². The van der Waals surface area contributed by atoms with E-state index >= 15 is 0 Å². The smallest absolute Gasteiger partial charge is 0.167 e. The van der Waals surface area contributed by atoms with E-state index in [1.807, 2.05) is 36.4 Å². The van der Waals surface area contributed by atoms with Gasteiger partial charge in [-0.15, -0.1) is 0 Å². The predicted octanol–water partition coefficient (Wildman–Crippen LogP) is 2.79. The number of hydrogen-bond acceptors (Lipinski definition) is 5. The molecular weight excluding hydrogens is 316 g/mol. The zero-order chi connectivity index (χ0) is 17.1. The van der Waals surface area contributed by atoms with Gasteiger partial charge in [0.2, 0.25) is 0 Å². The summed E-state index contributed by atoms with van der Waals surface area (Å²) in [7, 11) is 0. The Bertz CT molecular complexity index is 669. The summed E-state index contributed by atoms with van der Waals surface area (Å²) in [6.07, 6.45) is 4.61. The molecule has 3 atom stereocenters. The van der Waals surface area contributed by atoms with Crippen LogP contribution in [0.2, 0.25) is 0 Å². The van der Waals surface area contributed by atoms with Crippen LogP contribution in [0.15, 0.2) is 40.9 Å². The third-order valence-electron chi connectivity index (χ3n) is 5.11. The molecule has 0 unspecified atom stereocenters. The molecule has 5 heteroatoms. The SMILES string of the molecule is O[C@H]1CC[C@@H](Cc2cc(-c3ccccc3)on2)O[C@@H]1CNCC1CC1. The molecule has 0 amide bonds. The Morgan fingerprint density at radius 2 is 1.92 bits per heavy atom. The summed E-state index contributed by atoms with van der Waals surface area (Å²) in [5, 5.41) is 17.8. The van der Waals surface area contributed by atoms with Crippen molar-refractivity contribution >= 4 is 0 Å². The average molecular weight is 342 g/mol. The molecule has 0 bridgehead atoms. The zero-order valence-corrected chi connectivity index (χ0v) is 14.4. The lowest BCUT2D eigenvalue weighted by Gasteiger charge is -2.34. The summed E-state index contributed by atoms with van der Waals surface area (Å²) in [6.45, 7) is 1.77. The second kappa shape index (κ2) is 7.68. The van der Waals surface area contributed by atoms with E-state index in [-0.39, 0.29) is 18.3 Å². The highest BCUT2D eigenvalue weighted by Gasteiger charge is 2.31. The van der Waals surface area contributed by atoms with E-state index in [1.165, 1.54) is 12.8 Å². The summed E-state index contributed by atoms with van der Waals surface area (Å²) >= 11 is 0. The van der Waals surface area contributed by atoms with E-state index in [4.69, 9.17) is 9.26 Å². The molecular formula is C20H26N2O3. The van der Waals surface area contributed by atoms with Crippen LogP contribution >= 0.6 is 0 Å². The highest BCUT2D eigenvalue weighted by molar-refractivity contribution is 5.56. The van der Waals surface area contributed by atoms with Gasteiger partial charge in [-0.25, -0.2) is 0 Å². The Hall–Kier alpha value is -1.69. The van der Waals surface area contributed by atoms with Gasteiger partial charge in [-0.3, -0.25) is 0 Å². The summed E-state index contributed by atoms with van der Waals surface area (Å²) in [4.78, 5) is 0.